The molecule has 0 aliphatic heterocycles. The minimum Gasteiger partial charge on any atom is -0.458 e. The molecule has 1 amide bonds. The van der Waals surface area contributed by atoms with E-state index >= 15 is 0 Å². The van der Waals surface area contributed by atoms with Crippen LogP contribution in [0.5, 0.6) is 0 Å². The average molecular weight is 349 g/mol. The zero-order chi connectivity index (χ0) is 16.9. The van der Waals surface area contributed by atoms with Gasteiger partial charge in [0.1, 0.15) is 23.4 Å². The fourth-order valence-corrected chi connectivity index (χ4v) is 1.69. The van der Waals surface area contributed by atoms with Crippen molar-refractivity contribution in [2.24, 2.45) is 0 Å². The molecule has 0 aromatic carbocycles. The van der Waals surface area contributed by atoms with Gasteiger partial charge in [0.2, 0.25) is 0 Å². The molecule has 0 aliphatic rings. The molecule has 0 bridgehead atoms. The number of hydrogen-bond acceptors (Lipinski definition) is 5. The molecule has 0 radical (unpaired) electrons. The molecule has 1 unspecified atom stereocenters. The zero-order valence-corrected chi connectivity index (χ0v) is 14.3. The van der Waals surface area contributed by atoms with Crippen LogP contribution in [0.2, 0.25) is 10.2 Å². The van der Waals surface area contributed by atoms with Crippen LogP contribution in [0, 0.1) is 0 Å². The van der Waals surface area contributed by atoms with Crippen molar-refractivity contribution >= 4 is 35.3 Å². The number of ether oxygens (including phenoxy) is 2. The summed E-state index contributed by atoms with van der Waals surface area (Å²) >= 11 is 11.7. The number of rotatable bonds is 4. The number of aromatic nitrogens is 1. The van der Waals surface area contributed by atoms with Gasteiger partial charge in [0.25, 0.3) is 0 Å². The number of esters is 1. The van der Waals surface area contributed by atoms with Gasteiger partial charge in [0.05, 0.1) is 10.7 Å². The Morgan fingerprint density at radius 3 is 2.55 bits per heavy atom. The number of hydrogen-bond donors (Lipinski definition) is 1. The molecule has 1 aromatic heterocycles. The fourth-order valence-electron chi connectivity index (χ4n) is 1.37. The monoisotopic (exact) mass is 348 g/mol. The third kappa shape index (κ3) is 6.49. The molecule has 8 heteroatoms. The highest BCUT2D eigenvalue weighted by Crippen LogP contribution is 2.17. The van der Waals surface area contributed by atoms with Crippen molar-refractivity contribution in [2.75, 3.05) is 0 Å². The summed E-state index contributed by atoms with van der Waals surface area (Å²) in [5.41, 5.74) is -0.307. The van der Waals surface area contributed by atoms with E-state index in [9.17, 15) is 9.59 Å². The minimum atomic E-state index is -0.868. The van der Waals surface area contributed by atoms with E-state index in [1.165, 1.54) is 13.0 Å². The van der Waals surface area contributed by atoms with Crippen LogP contribution in [-0.2, 0) is 20.9 Å². The summed E-state index contributed by atoms with van der Waals surface area (Å²) in [5.74, 6) is -0.635. The molecule has 1 rings (SSSR count). The van der Waals surface area contributed by atoms with Crippen LogP contribution < -0.4 is 5.32 Å². The molecular formula is C14H18Cl2N2O4. The molecular weight excluding hydrogens is 331 g/mol. The Morgan fingerprint density at radius 2 is 1.95 bits per heavy atom. The van der Waals surface area contributed by atoms with Crippen LogP contribution >= 0.6 is 23.2 Å². The maximum absolute atomic E-state index is 11.8. The Kier molecular flexibility index (Phi) is 6.44. The van der Waals surface area contributed by atoms with Gasteiger partial charge in [-0.1, -0.05) is 23.2 Å². The standard InChI is InChI=1S/C14H18Cl2N2O4/c1-8(17-13(20)22-14(2,3)4)12(19)21-7-10-9(15)5-6-11(16)18-10/h5-6,8H,7H2,1-4H3,(H,17,20). The molecule has 22 heavy (non-hydrogen) atoms. The van der Waals surface area contributed by atoms with Crippen molar-refractivity contribution in [2.45, 2.75) is 45.9 Å². The maximum Gasteiger partial charge on any atom is 0.408 e. The van der Waals surface area contributed by atoms with Gasteiger partial charge in [-0.05, 0) is 39.8 Å². The second kappa shape index (κ2) is 7.65. The molecule has 0 fully saturated rings. The Labute approximate surface area is 139 Å². The number of nitrogens with one attached hydrogen (secondary N) is 1. The molecule has 0 saturated heterocycles. The molecule has 0 aliphatic carbocycles. The van der Waals surface area contributed by atoms with Gasteiger partial charge in [-0.25, -0.2) is 14.6 Å². The van der Waals surface area contributed by atoms with Gasteiger partial charge >= 0.3 is 12.1 Å². The number of carbonyl (C=O) groups excluding carboxylic acids is 2. The smallest absolute Gasteiger partial charge is 0.408 e. The first kappa shape index (κ1) is 18.5. The van der Waals surface area contributed by atoms with Crippen molar-refractivity contribution in [1.82, 2.24) is 10.3 Å². The van der Waals surface area contributed by atoms with Crippen molar-refractivity contribution in [3.05, 3.63) is 28.0 Å². The second-order valence-corrected chi connectivity index (χ2v) is 6.33. The lowest BCUT2D eigenvalue weighted by atomic mass is 10.2. The van der Waals surface area contributed by atoms with Crippen molar-refractivity contribution < 1.29 is 19.1 Å². The summed E-state index contributed by atoms with van der Waals surface area (Å²) in [6.45, 7) is 6.52. The highest BCUT2D eigenvalue weighted by molar-refractivity contribution is 6.32. The molecule has 0 saturated carbocycles. The molecule has 122 valence electrons. The van der Waals surface area contributed by atoms with E-state index in [-0.39, 0.29) is 11.8 Å². The van der Waals surface area contributed by atoms with E-state index in [4.69, 9.17) is 32.7 Å². The first-order chi connectivity index (χ1) is 10.1. The van der Waals surface area contributed by atoms with E-state index < -0.39 is 23.7 Å². The first-order valence-electron chi connectivity index (χ1n) is 6.55. The molecule has 1 heterocycles. The Balaban J connectivity index is 2.51. The van der Waals surface area contributed by atoms with E-state index in [0.29, 0.717) is 10.7 Å². The quantitative estimate of drug-likeness (QED) is 0.666. The van der Waals surface area contributed by atoms with Crippen molar-refractivity contribution in [3.63, 3.8) is 0 Å². The Morgan fingerprint density at radius 1 is 1.32 bits per heavy atom. The van der Waals surface area contributed by atoms with E-state index in [2.05, 4.69) is 10.3 Å². The third-order valence-corrected chi connectivity index (χ3v) is 2.88. The lowest BCUT2D eigenvalue weighted by Gasteiger charge is -2.21. The van der Waals surface area contributed by atoms with Gasteiger partial charge in [0.15, 0.2) is 0 Å². The van der Waals surface area contributed by atoms with Crippen LogP contribution in [0.15, 0.2) is 12.1 Å². The number of halogens is 2. The van der Waals surface area contributed by atoms with Crippen LogP contribution in [0.3, 0.4) is 0 Å². The van der Waals surface area contributed by atoms with Gasteiger partial charge in [0, 0.05) is 0 Å². The Bertz CT molecular complexity index is 558. The Hall–Kier alpha value is -1.53. The van der Waals surface area contributed by atoms with Gasteiger partial charge < -0.3 is 14.8 Å². The van der Waals surface area contributed by atoms with Crippen LogP contribution in [0.1, 0.15) is 33.4 Å². The number of pyridine rings is 1. The molecule has 6 nitrogen and oxygen atoms in total. The second-order valence-electron chi connectivity index (χ2n) is 5.54. The largest absolute Gasteiger partial charge is 0.458 e. The van der Waals surface area contributed by atoms with E-state index in [0.717, 1.165) is 0 Å². The van der Waals surface area contributed by atoms with Crippen LogP contribution in [-0.4, -0.2) is 28.7 Å². The molecule has 1 aromatic rings. The van der Waals surface area contributed by atoms with Crippen molar-refractivity contribution in [3.8, 4) is 0 Å². The summed E-state index contributed by atoms with van der Waals surface area (Å²) in [6, 6.07) is 2.22. The summed E-state index contributed by atoms with van der Waals surface area (Å²) in [7, 11) is 0. The highest BCUT2D eigenvalue weighted by Gasteiger charge is 2.22. The van der Waals surface area contributed by atoms with Crippen LogP contribution in [0.4, 0.5) is 4.79 Å². The summed E-state index contributed by atoms with van der Waals surface area (Å²) < 4.78 is 10.1. The van der Waals surface area contributed by atoms with E-state index in [1.807, 2.05) is 0 Å². The summed E-state index contributed by atoms with van der Waals surface area (Å²) in [5, 5.41) is 2.97. The normalized spacial score (nSPS) is 12.5. The lowest BCUT2D eigenvalue weighted by molar-refractivity contribution is -0.147. The summed E-state index contributed by atoms with van der Waals surface area (Å²) in [4.78, 5) is 27.3. The number of alkyl carbamates (subject to hydrolysis) is 1. The minimum absolute atomic E-state index is 0.140. The SMILES string of the molecule is CC(NC(=O)OC(C)(C)C)C(=O)OCc1nc(Cl)ccc1Cl. The third-order valence-electron chi connectivity index (χ3n) is 2.32. The van der Waals surface area contributed by atoms with Gasteiger partial charge in [-0.3, -0.25) is 0 Å². The first-order valence-corrected chi connectivity index (χ1v) is 7.31. The highest BCUT2D eigenvalue weighted by atomic mass is 35.5. The topological polar surface area (TPSA) is 77.5 Å². The molecule has 1 atom stereocenters. The number of carbonyl (C=O) groups is 2. The number of nitrogens with zero attached hydrogens (tertiary/aromatic N) is 1. The summed E-state index contributed by atoms with van der Waals surface area (Å²) in [6.07, 6.45) is -0.698. The van der Waals surface area contributed by atoms with Gasteiger partial charge in [-0.2, -0.15) is 0 Å². The average Bonchev–Trinajstić information content (AvgIpc) is 2.37. The van der Waals surface area contributed by atoms with E-state index in [1.54, 1.807) is 26.8 Å². The predicted molar refractivity (Wildman–Crippen MR) is 82.9 cm³/mol. The maximum atomic E-state index is 11.8. The zero-order valence-electron chi connectivity index (χ0n) is 12.8. The van der Waals surface area contributed by atoms with Gasteiger partial charge in [-0.15, -0.1) is 0 Å². The fraction of sp³-hybridized carbons (Fsp3) is 0.500. The number of amides is 1. The predicted octanol–water partition coefficient (Wildman–Crippen LogP) is 3.34. The lowest BCUT2D eigenvalue weighted by Crippen LogP contribution is -2.42. The molecule has 0 spiro atoms. The van der Waals surface area contributed by atoms with Crippen molar-refractivity contribution in [1.29, 1.82) is 0 Å². The van der Waals surface area contributed by atoms with Crippen LogP contribution in [0.25, 0.3) is 0 Å². The molecule has 1 N–H and O–H groups in total.